The van der Waals surface area contributed by atoms with E-state index < -0.39 is 11.7 Å². The predicted octanol–water partition coefficient (Wildman–Crippen LogP) is 3.98. The van der Waals surface area contributed by atoms with Gasteiger partial charge in [0.2, 0.25) is 0 Å². The zero-order valence-electron chi connectivity index (χ0n) is 13.9. The van der Waals surface area contributed by atoms with Gasteiger partial charge in [0.15, 0.2) is 0 Å². The molecule has 0 unspecified atom stereocenters. The van der Waals surface area contributed by atoms with E-state index >= 15 is 0 Å². The van der Waals surface area contributed by atoms with Crippen LogP contribution in [0.2, 0.25) is 0 Å². The van der Waals surface area contributed by atoms with E-state index in [0.29, 0.717) is 12.1 Å². The second kappa shape index (κ2) is 9.06. The first-order valence-electron chi connectivity index (χ1n) is 8.59. The monoisotopic (exact) mass is 342 g/mol. The third-order valence-electron chi connectivity index (χ3n) is 4.42. The standard InChI is InChI=1S/C18H25F3N2O/c19-18(20,21)16-7-5-8-17(15-16)23-11-6-10-22(12-13-23)9-3-1-2-4-14-24/h5,7-8,14-15H,1-4,6,9-13H2. The largest absolute Gasteiger partial charge is 0.416 e. The van der Waals surface area contributed by atoms with Crippen LogP contribution in [0.25, 0.3) is 0 Å². The van der Waals surface area contributed by atoms with Gasteiger partial charge in [0.25, 0.3) is 0 Å². The summed E-state index contributed by atoms with van der Waals surface area (Å²) < 4.78 is 38.6. The minimum Gasteiger partial charge on any atom is -0.370 e. The predicted molar refractivity (Wildman–Crippen MR) is 89.2 cm³/mol. The lowest BCUT2D eigenvalue weighted by Gasteiger charge is -2.24. The number of hydrogen-bond acceptors (Lipinski definition) is 3. The van der Waals surface area contributed by atoms with Gasteiger partial charge in [0.05, 0.1) is 5.56 Å². The topological polar surface area (TPSA) is 23.6 Å². The fourth-order valence-electron chi connectivity index (χ4n) is 3.07. The zero-order chi connectivity index (χ0) is 17.4. The van der Waals surface area contributed by atoms with Gasteiger partial charge in [-0.2, -0.15) is 13.2 Å². The highest BCUT2D eigenvalue weighted by Gasteiger charge is 2.30. The van der Waals surface area contributed by atoms with Gasteiger partial charge in [-0.25, -0.2) is 0 Å². The van der Waals surface area contributed by atoms with Crippen molar-refractivity contribution in [1.82, 2.24) is 4.90 Å². The van der Waals surface area contributed by atoms with Crippen LogP contribution in [0.4, 0.5) is 18.9 Å². The van der Waals surface area contributed by atoms with Crippen molar-refractivity contribution in [2.24, 2.45) is 0 Å². The zero-order valence-corrected chi connectivity index (χ0v) is 13.9. The van der Waals surface area contributed by atoms with Gasteiger partial charge < -0.3 is 14.6 Å². The molecule has 6 heteroatoms. The molecular formula is C18H25F3N2O. The quantitative estimate of drug-likeness (QED) is 0.553. The number of rotatable bonds is 7. The molecule has 24 heavy (non-hydrogen) atoms. The fourth-order valence-corrected chi connectivity index (χ4v) is 3.07. The Hall–Kier alpha value is -1.56. The summed E-state index contributed by atoms with van der Waals surface area (Å²) in [5.74, 6) is 0. The Morgan fingerprint density at radius 3 is 2.62 bits per heavy atom. The molecule has 0 aliphatic carbocycles. The molecule has 0 atom stereocenters. The Labute approximate surface area is 141 Å². The van der Waals surface area contributed by atoms with Gasteiger partial charge in [-0.1, -0.05) is 12.5 Å². The van der Waals surface area contributed by atoms with Crippen LogP contribution < -0.4 is 4.90 Å². The summed E-state index contributed by atoms with van der Waals surface area (Å²) in [6, 6.07) is 5.60. The van der Waals surface area contributed by atoms with E-state index in [1.54, 1.807) is 6.07 Å². The van der Waals surface area contributed by atoms with Crippen LogP contribution in [-0.4, -0.2) is 43.9 Å². The lowest BCUT2D eigenvalue weighted by molar-refractivity contribution is -0.137. The second-order valence-corrected chi connectivity index (χ2v) is 6.25. The van der Waals surface area contributed by atoms with Crippen molar-refractivity contribution in [3.63, 3.8) is 0 Å². The van der Waals surface area contributed by atoms with Crippen LogP contribution in [-0.2, 0) is 11.0 Å². The smallest absolute Gasteiger partial charge is 0.370 e. The average molecular weight is 342 g/mol. The Kier molecular flexibility index (Phi) is 7.09. The van der Waals surface area contributed by atoms with Crippen molar-refractivity contribution in [3.8, 4) is 0 Å². The van der Waals surface area contributed by atoms with E-state index in [0.717, 1.165) is 70.8 Å². The molecule has 2 rings (SSSR count). The Bertz CT molecular complexity index is 519. The molecule has 3 nitrogen and oxygen atoms in total. The van der Waals surface area contributed by atoms with Crippen molar-refractivity contribution < 1.29 is 18.0 Å². The van der Waals surface area contributed by atoms with E-state index in [1.807, 2.05) is 4.90 Å². The van der Waals surface area contributed by atoms with Crippen LogP contribution in [0.3, 0.4) is 0 Å². The molecule has 0 N–H and O–H groups in total. The van der Waals surface area contributed by atoms with Crippen LogP contribution >= 0.6 is 0 Å². The number of benzene rings is 1. The van der Waals surface area contributed by atoms with Crippen LogP contribution in [0.15, 0.2) is 24.3 Å². The summed E-state index contributed by atoms with van der Waals surface area (Å²) in [5, 5.41) is 0. The molecule has 0 spiro atoms. The Morgan fingerprint density at radius 2 is 1.88 bits per heavy atom. The highest BCUT2D eigenvalue weighted by molar-refractivity contribution is 5.49. The molecule has 1 aromatic carbocycles. The molecule has 1 fully saturated rings. The van der Waals surface area contributed by atoms with E-state index in [1.165, 1.54) is 12.1 Å². The highest BCUT2D eigenvalue weighted by atomic mass is 19.4. The van der Waals surface area contributed by atoms with Crippen LogP contribution in [0, 0.1) is 0 Å². The SMILES string of the molecule is O=CCCCCCN1CCCN(c2cccc(C(F)(F)F)c2)CC1. The number of halogens is 3. The highest BCUT2D eigenvalue weighted by Crippen LogP contribution is 2.31. The molecule has 0 bridgehead atoms. The number of carbonyl (C=O) groups excluding carboxylic acids is 1. The van der Waals surface area contributed by atoms with Crippen LogP contribution in [0.1, 0.15) is 37.7 Å². The van der Waals surface area contributed by atoms with E-state index in [-0.39, 0.29) is 0 Å². The minimum absolute atomic E-state index is 0.587. The lowest BCUT2D eigenvalue weighted by atomic mass is 10.1. The number of alkyl halides is 3. The normalized spacial score (nSPS) is 16.9. The van der Waals surface area contributed by atoms with Crippen molar-refractivity contribution >= 4 is 12.0 Å². The maximum atomic E-state index is 12.9. The summed E-state index contributed by atoms with van der Waals surface area (Å²) in [7, 11) is 0. The van der Waals surface area contributed by atoms with Crippen molar-refractivity contribution in [2.45, 2.75) is 38.3 Å². The molecule has 1 heterocycles. The van der Waals surface area contributed by atoms with Crippen molar-refractivity contribution in [1.29, 1.82) is 0 Å². The summed E-state index contributed by atoms with van der Waals surface area (Å²) in [6.07, 6.45) is 1.29. The number of anilines is 1. The van der Waals surface area contributed by atoms with Gasteiger partial charge in [0.1, 0.15) is 6.29 Å². The summed E-state index contributed by atoms with van der Waals surface area (Å²) >= 11 is 0. The molecule has 1 saturated heterocycles. The van der Waals surface area contributed by atoms with Gasteiger partial charge in [-0.15, -0.1) is 0 Å². The number of carbonyl (C=O) groups is 1. The van der Waals surface area contributed by atoms with Crippen molar-refractivity contribution in [2.75, 3.05) is 37.6 Å². The molecule has 1 aliphatic rings. The van der Waals surface area contributed by atoms with Crippen molar-refractivity contribution in [3.05, 3.63) is 29.8 Å². The molecule has 1 aromatic rings. The summed E-state index contributed by atoms with van der Waals surface area (Å²) in [6.45, 7) is 4.36. The number of unbranched alkanes of at least 4 members (excludes halogenated alkanes) is 3. The molecular weight excluding hydrogens is 317 g/mol. The van der Waals surface area contributed by atoms with E-state index in [4.69, 9.17) is 0 Å². The maximum Gasteiger partial charge on any atom is 0.416 e. The summed E-state index contributed by atoms with van der Waals surface area (Å²) in [5.41, 5.74) is 0.0638. The fraction of sp³-hybridized carbons (Fsp3) is 0.611. The van der Waals surface area contributed by atoms with Gasteiger partial charge in [-0.3, -0.25) is 0 Å². The molecule has 0 radical (unpaired) electrons. The van der Waals surface area contributed by atoms with E-state index in [9.17, 15) is 18.0 Å². The van der Waals surface area contributed by atoms with Crippen LogP contribution in [0.5, 0.6) is 0 Å². The molecule has 0 aromatic heterocycles. The first-order chi connectivity index (χ1) is 11.5. The third kappa shape index (κ3) is 5.82. The third-order valence-corrected chi connectivity index (χ3v) is 4.42. The molecule has 0 saturated carbocycles. The number of hydrogen-bond donors (Lipinski definition) is 0. The maximum absolute atomic E-state index is 12.9. The molecule has 134 valence electrons. The van der Waals surface area contributed by atoms with E-state index in [2.05, 4.69) is 4.90 Å². The summed E-state index contributed by atoms with van der Waals surface area (Å²) in [4.78, 5) is 14.7. The second-order valence-electron chi connectivity index (χ2n) is 6.25. The lowest BCUT2D eigenvalue weighted by Crippen LogP contribution is -2.31. The van der Waals surface area contributed by atoms with Gasteiger partial charge in [-0.05, 0) is 50.6 Å². The number of nitrogens with zero attached hydrogens (tertiary/aromatic N) is 2. The van der Waals surface area contributed by atoms with Gasteiger partial charge >= 0.3 is 6.18 Å². The number of aldehydes is 1. The first-order valence-corrected chi connectivity index (χ1v) is 8.59. The molecule has 0 amide bonds. The first kappa shape index (κ1) is 18.8. The average Bonchev–Trinajstić information content (AvgIpc) is 2.80. The minimum atomic E-state index is -4.30. The Balaban J connectivity index is 1.85. The molecule has 1 aliphatic heterocycles. The Morgan fingerprint density at radius 1 is 1.04 bits per heavy atom. The van der Waals surface area contributed by atoms with Gasteiger partial charge in [0, 0.05) is 31.7 Å².